The smallest absolute Gasteiger partial charge is 0.311 e. The summed E-state index contributed by atoms with van der Waals surface area (Å²) in [5, 5.41) is 2.74. The third-order valence-electron chi connectivity index (χ3n) is 3.92. The first kappa shape index (κ1) is 17.7. The van der Waals surface area contributed by atoms with Crippen molar-refractivity contribution in [3.05, 3.63) is 64.7 Å². The summed E-state index contributed by atoms with van der Waals surface area (Å²) in [4.78, 5) is 24.1. The number of carbonyl (C=O) groups is 2. The summed E-state index contributed by atoms with van der Waals surface area (Å²) >= 11 is 0. The van der Waals surface area contributed by atoms with Crippen molar-refractivity contribution < 1.29 is 14.3 Å². The minimum atomic E-state index is -0.842. The van der Waals surface area contributed by atoms with E-state index in [0.717, 1.165) is 16.7 Å². The van der Waals surface area contributed by atoms with Gasteiger partial charge in [-0.1, -0.05) is 35.9 Å². The van der Waals surface area contributed by atoms with Crippen LogP contribution < -0.4 is 5.32 Å². The van der Waals surface area contributed by atoms with Gasteiger partial charge >= 0.3 is 5.97 Å². The Hall–Kier alpha value is -2.62. The van der Waals surface area contributed by atoms with Crippen molar-refractivity contribution in [2.75, 3.05) is 5.32 Å². The maximum atomic E-state index is 12.1. The number of benzene rings is 2. The molecular weight excluding hydrogens is 302 g/mol. The zero-order valence-corrected chi connectivity index (χ0v) is 14.6. The predicted octanol–water partition coefficient (Wildman–Crippen LogP) is 3.72. The monoisotopic (exact) mass is 325 g/mol. The molecule has 4 heteroatoms. The molecule has 0 radical (unpaired) electrons. The fourth-order valence-corrected chi connectivity index (χ4v) is 2.25. The van der Waals surface area contributed by atoms with Crippen molar-refractivity contribution in [2.45, 2.75) is 40.2 Å². The Morgan fingerprint density at radius 1 is 1.00 bits per heavy atom. The number of rotatable bonds is 5. The van der Waals surface area contributed by atoms with Crippen LogP contribution in [0.1, 0.15) is 29.2 Å². The van der Waals surface area contributed by atoms with Gasteiger partial charge in [0.05, 0.1) is 6.42 Å². The van der Waals surface area contributed by atoms with E-state index in [-0.39, 0.29) is 12.3 Å². The fourth-order valence-electron chi connectivity index (χ4n) is 2.25. The standard InChI is InChI=1S/C20H23NO3/c1-13-5-9-18(10-6-13)21-20(23)16(4)24-19(22)12-17-8-7-14(2)15(3)11-17/h5-11,16H,12H2,1-4H3,(H,21,23)/t16-/m1/s1. The maximum Gasteiger partial charge on any atom is 0.311 e. The van der Waals surface area contributed by atoms with E-state index >= 15 is 0 Å². The molecule has 0 fully saturated rings. The van der Waals surface area contributed by atoms with E-state index in [1.807, 2.05) is 63.2 Å². The Balaban J connectivity index is 1.89. The second-order valence-corrected chi connectivity index (χ2v) is 6.08. The van der Waals surface area contributed by atoms with Gasteiger partial charge in [-0.05, 0) is 56.5 Å². The van der Waals surface area contributed by atoms with Gasteiger partial charge in [0.1, 0.15) is 0 Å². The summed E-state index contributed by atoms with van der Waals surface area (Å²) in [6.45, 7) is 7.57. The number of aryl methyl sites for hydroxylation is 3. The molecule has 1 amide bonds. The lowest BCUT2D eigenvalue weighted by molar-refractivity contribution is -0.152. The third kappa shape index (κ3) is 4.95. The first-order valence-electron chi connectivity index (χ1n) is 7.98. The van der Waals surface area contributed by atoms with Crippen LogP contribution in [-0.4, -0.2) is 18.0 Å². The molecule has 0 aliphatic rings. The molecule has 0 heterocycles. The highest BCUT2D eigenvalue weighted by atomic mass is 16.5. The summed E-state index contributed by atoms with van der Waals surface area (Å²) in [5.41, 5.74) is 4.99. The molecule has 2 aromatic carbocycles. The lowest BCUT2D eigenvalue weighted by Crippen LogP contribution is -2.30. The minimum absolute atomic E-state index is 0.156. The minimum Gasteiger partial charge on any atom is -0.452 e. The largest absolute Gasteiger partial charge is 0.452 e. The molecule has 1 atom stereocenters. The number of hydrogen-bond donors (Lipinski definition) is 1. The van der Waals surface area contributed by atoms with E-state index in [4.69, 9.17) is 4.74 Å². The molecule has 0 aliphatic carbocycles. The average molecular weight is 325 g/mol. The average Bonchev–Trinajstić information content (AvgIpc) is 2.53. The van der Waals surface area contributed by atoms with Crippen LogP contribution in [0.5, 0.6) is 0 Å². The van der Waals surface area contributed by atoms with E-state index in [2.05, 4.69) is 5.32 Å². The van der Waals surface area contributed by atoms with Crippen molar-refractivity contribution in [1.29, 1.82) is 0 Å². The predicted molar refractivity (Wildman–Crippen MR) is 95.0 cm³/mol. The van der Waals surface area contributed by atoms with Gasteiger partial charge in [-0.25, -0.2) is 0 Å². The highest BCUT2D eigenvalue weighted by Gasteiger charge is 2.18. The van der Waals surface area contributed by atoms with Gasteiger partial charge in [0.2, 0.25) is 0 Å². The topological polar surface area (TPSA) is 55.4 Å². The van der Waals surface area contributed by atoms with Crippen LogP contribution in [0, 0.1) is 20.8 Å². The Morgan fingerprint density at radius 3 is 2.29 bits per heavy atom. The molecule has 2 rings (SSSR count). The van der Waals surface area contributed by atoms with Gasteiger partial charge in [0, 0.05) is 5.69 Å². The number of anilines is 1. The Morgan fingerprint density at radius 2 is 1.67 bits per heavy atom. The first-order chi connectivity index (χ1) is 11.3. The number of nitrogens with one attached hydrogen (secondary N) is 1. The van der Waals surface area contributed by atoms with Crippen molar-refractivity contribution in [3.63, 3.8) is 0 Å². The van der Waals surface area contributed by atoms with Gasteiger partial charge in [-0.2, -0.15) is 0 Å². The molecule has 0 saturated heterocycles. The molecule has 0 unspecified atom stereocenters. The lowest BCUT2D eigenvalue weighted by atomic mass is 10.0. The normalized spacial score (nSPS) is 11.7. The summed E-state index contributed by atoms with van der Waals surface area (Å²) in [7, 11) is 0. The van der Waals surface area contributed by atoms with Crippen molar-refractivity contribution >= 4 is 17.6 Å². The van der Waals surface area contributed by atoms with Crippen LogP contribution in [0.2, 0.25) is 0 Å². The quantitative estimate of drug-likeness (QED) is 0.852. The van der Waals surface area contributed by atoms with E-state index < -0.39 is 12.1 Å². The molecule has 0 aromatic heterocycles. The molecule has 24 heavy (non-hydrogen) atoms. The molecule has 2 aromatic rings. The van der Waals surface area contributed by atoms with Gasteiger partial charge in [-0.15, -0.1) is 0 Å². The van der Waals surface area contributed by atoms with Crippen LogP contribution in [0.3, 0.4) is 0 Å². The summed E-state index contributed by atoms with van der Waals surface area (Å²) in [6, 6.07) is 13.3. The molecule has 126 valence electrons. The fraction of sp³-hybridized carbons (Fsp3) is 0.300. The number of ether oxygens (including phenoxy) is 1. The molecule has 0 aliphatic heterocycles. The lowest BCUT2D eigenvalue weighted by Gasteiger charge is -2.14. The van der Waals surface area contributed by atoms with Crippen LogP contribution in [0.25, 0.3) is 0 Å². The van der Waals surface area contributed by atoms with Crippen molar-refractivity contribution in [2.24, 2.45) is 0 Å². The maximum absolute atomic E-state index is 12.1. The summed E-state index contributed by atoms with van der Waals surface area (Å²) in [6.07, 6.45) is -0.686. The zero-order chi connectivity index (χ0) is 17.7. The molecule has 0 spiro atoms. The van der Waals surface area contributed by atoms with Crippen LogP contribution in [-0.2, 0) is 20.7 Å². The SMILES string of the molecule is Cc1ccc(NC(=O)[C@@H](C)OC(=O)Cc2ccc(C)c(C)c2)cc1. The van der Waals surface area contributed by atoms with Gasteiger partial charge in [0.15, 0.2) is 6.10 Å². The Bertz CT molecular complexity index is 735. The summed E-state index contributed by atoms with van der Waals surface area (Å²) < 4.78 is 5.23. The Labute approximate surface area is 142 Å². The van der Waals surface area contributed by atoms with Gasteiger partial charge in [-0.3, -0.25) is 9.59 Å². The molecular formula is C20H23NO3. The summed E-state index contributed by atoms with van der Waals surface area (Å²) in [5.74, 6) is -0.753. The second kappa shape index (κ2) is 7.77. The number of amides is 1. The number of hydrogen-bond acceptors (Lipinski definition) is 3. The van der Waals surface area contributed by atoms with Crippen LogP contribution in [0.15, 0.2) is 42.5 Å². The number of esters is 1. The molecule has 0 saturated carbocycles. The Kier molecular flexibility index (Phi) is 5.74. The van der Waals surface area contributed by atoms with Crippen LogP contribution >= 0.6 is 0 Å². The van der Waals surface area contributed by atoms with Crippen molar-refractivity contribution in [3.8, 4) is 0 Å². The molecule has 0 bridgehead atoms. The van der Waals surface area contributed by atoms with Gasteiger partial charge in [0.25, 0.3) is 5.91 Å². The number of carbonyl (C=O) groups excluding carboxylic acids is 2. The molecule has 1 N–H and O–H groups in total. The molecule has 4 nitrogen and oxygen atoms in total. The second-order valence-electron chi connectivity index (χ2n) is 6.08. The van der Waals surface area contributed by atoms with Crippen LogP contribution in [0.4, 0.5) is 5.69 Å². The van der Waals surface area contributed by atoms with Gasteiger partial charge < -0.3 is 10.1 Å². The van der Waals surface area contributed by atoms with E-state index in [0.29, 0.717) is 5.69 Å². The van der Waals surface area contributed by atoms with E-state index in [1.54, 1.807) is 6.92 Å². The highest BCUT2D eigenvalue weighted by Crippen LogP contribution is 2.12. The van der Waals surface area contributed by atoms with E-state index in [1.165, 1.54) is 5.56 Å². The third-order valence-corrected chi connectivity index (χ3v) is 3.92. The zero-order valence-electron chi connectivity index (χ0n) is 14.6. The highest BCUT2D eigenvalue weighted by molar-refractivity contribution is 5.95. The van der Waals surface area contributed by atoms with E-state index in [9.17, 15) is 9.59 Å². The first-order valence-corrected chi connectivity index (χ1v) is 7.98. The van der Waals surface area contributed by atoms with Crippen molar-refractivity contribution in [1.82, 2.24) is 0 Å².